The third kappa shape index (κ3) is 5.60. The molecule has 1 heteroatoms. The maximum Gasteiger partial charge on any atom is 0.0885 e. The van der Waals surface area contributed by atoms with Crippen LogP contribution in [0, 0.1) is 18.4 Å². The van der Waals surface area contributed by atoms with Gasteiger partial charge in [0.25, 0.3) is 0 Å². The molecule has 2 aromatic carbocycles. The Hall–Kier alpha value is -2.43. The molecule has 0 aliphatic rings. The van der Waals surface area contributed by atoms with Gasteiger partial charge >= 0.3 is 0 Å². The van der Waals surface area contributed by atoms with Gasteiger partial charge in [0.05, 0.1) is 20.6 Å². The average Bonchev–Trinajstić information content (AvgIpc) is 2.49. The van der Waals surface area contributed by atoms with Gasteiger partial charge in [-0.3, -0.25) is 5.92 Å². The van der Waals surface area contributed by atoms with Gasteiger partial charge in [-0.15, -0.1) is 0 Å². The Morgan fingerprint density at radius 1 is 0.952 bits per heavy atom. The Morgan fingerprint density at radius 3 is 2.24 bits per heavy atom. The van der Waals surface area contributed by atoms with Gasteiger partial charge in [0.1, 0.15) is 0 Å². The van der Waals surface area contributed by atoms with Gasteiger partial charge in [-0.25, -0.2) is 5.92 Å². The van der Waals surface area contributed by atoms with E-state index >= 15 is 0 Å². The summed E-state index contributed by atoms with van der Waals surface area (Å²) in [4.78, 5) is 0. The normalized spacial score (nSPS) is 11.0. The lowest BCUT2D eigenvalue weighted by molar-refractivity contribution is -0.849. The first kappa shape index (κ1) is 15.0. The minimum Gasteiger partial charge on any atom is -0.363 e. The summed E-state index contributed by atoms with van der Waals surface area (Å²) in [5.41, 5.74) is 2.28. The van der Waals surface area contributed by atoms with E-state index in [2.05, 4.69) is 62.4 Å². The molecule has 0 atom stereocenters. The molecule has 106 valence electrons. The zero-order chi connectivity index (χ0) is 15.0. The summed E-state index contributed by atoms with van der Waals surface area (Å²) in [6.07, 6.45) is 4.34. The van der Waals surface area contributed by atoms with Crippen molar-refractivity contribution in [3.63, 3.8) is 0 Å². The summed E-state index contributed by atoms with van der Waals surface area (Å²) in [6, 6.07) is 20.4. The molecule has 0 aromatic heterocycles. The van der Waals surface area contributed by atoms with Crippen molar-refractivity contribution in [2.75, 3.05) is 20.6 Å². The largest absolute Gasteiger partial charge is 0.363 e. The Morgan fingerprint density at radius 2 is 1.57 bits per heavy atom. The summed E-state index contributed by atoms with van der Waals surface area (Å²) in [7, 11) is 4.30. The Balaban J connectivity index is 1.88. The van der Waals surface area contributed by atoms with Crippen LogP contribution in [0.25, 0.3) is 6.08 Å². The van der Waals surface area contributed by atoms with E-state index in [1.807, 2.05) is 42.9 Å². The molecule has 0 saturated heterocycles. The summed E-state index contributed by atoms with van der Waals surface area (Å²) in [5, 5.41) is 0. The second-order valence-corrected chi connectivity index (χ2v) is 5.54. The van der Waals surface area contributed by atoms with E-state index in [0.717, 1.165) is 16.6 Å². The molecule has 0 amide bonds. The van der Waals surface area contributed by atoms with Crippen LogP contribution in [0.3, 0.4) is 0 Å². The van der Waals surface area contributed by atoms with Crippen LogP contribution in [-0.4, -0.2) is 25.1 Å². The van der Waals surface area contributed by atoms with Crippen molar-refractivity contribution in [1.29, 1.82) is 0 Å². The highest BCUT2D eigenvalue weighted by atomic mass is 15.3. The third-order valence-electron chi connectivity index (χ3n) is 3.09. The fraction of sp³-hybridized carbons (Fsp3) is 0.150. The van der Waals surface area contributed by atoms with Crippen molar-refractivity contribution < 1.29 is 4.48 Å². The molecule has 0 spiro atoms. The lowest BCUT2D eigenvalue weighted by atomic mass is 10.2. The van der Waals surface area contributed by atoms with Gasteiger partial charge in [-0.2, -0.15) is 0 Å². The zero-order valence-corrected chi connectivity index (χ0v) is 12.7. The molecular weight excluding hydrogens is 254 g/mol. The van der Waals surface area contributed by atoms with Crippen LogP contribution in [0.4, 0.5) is 0 Å². The molecule has 0 heterocycles. The van der Waals surface area contributed by atoms with E-state index in [1.165, 1.54) is 5.56 Å². The quantitative estimate of drug-likeness (QED) is 0.449. The number of benzene rings is 2. The van der Waals surface area contributed by atoms with Gasteiger partial charge in [0.2, 0.25) is 0 Å². The minimum absolute atomic E-state index is 0.739. The lowest BCUT2D eigenvalue weighted by Gasteiger charge is -2.31. The molecular formula is C20H21N. The minimum atomic E-state index is 0.739. The van der Waals surface area contributed by atoms with Crippen molar-refractivity contribution in [3.05, 3.63) is 84.4 Å². The van der Waals surface area contributed by atoms with Gasteiger partial charge in [0, 0.05) is 6.54 Å². The highest BCUT2D eigenvalue weighted by Gasteiger charge is 2.04. The van der Waals surface area contributed by atoms with Crippen LogP contribution in [0.5, 0.6) is 0 Å². The number of nitrogens with zero attached hydrogens (tertiary/aromatic N) is 1. The number of hydrogen-bond donors (Lipinski definition) is 0. The Kier molecular flexibility index (Phi) is 5.26. The molecule has 0 radical (unpaired) electrons. The maximum absolute atomic E-state index is 3.16. The van der Waals surface area contributed by atoms with Gasteiger partial charge in [-0.1, -0.05) is 72.3 Å². The summed E-state index contributed by atoms with van der Waals surface area (Å²) in [5.74, 6) is 6.32. The monoisotopic (exact) mass is 275 g/mol. The Bertz CT molecular complexity index is 628. The number of quaternary nitrogens is 1. The van der Waals surface area contributed by atoms with Crippen LogP contribution < -0.4 is 0 Å². The molecule has 0 aliphatic heterocycles. The van der Waals surface area contributed by atoms with Crippen LogP contribution in [0.1, 0.15) is 11.1 Å². The van der Waals surface area contributed by atoms with Gasteiger partial charge < -0.3 is 4.48 Å². The molecule has 0 saturated carbocycles. The summed E-state index contributed by atoms with van der Waals surface area (Å²) < 4.78 is 0.739. The summed E-state index contributed by atoms with van der Waals surface area (Å²) >= 11 is 0. The number of rotatable bonds is 4. The first-order valence-electron chi connectivity index (χ1n) is 7.11. The van der Waals surface area contributed by atoms with Crippen molar-refractivity contribution in [1.82, 2.24) is 0 Å². The topological polar surface area (TPSA) is 0 Å². The Labute approximate surface area is 128 Å². The predicted molar refractivity (Wildman–Crippen MR) is 90.1 cm³/mol. The molecule has 1 nitrogen and oxygen atoms in total. The molecule has 0 unspecified atom stereocenters. The van der Waals surface area contributed by atoms with Crippen LogP contribution in [0.2, 0.25) is 0 Å². The highest BCUT2D eigenvalue weighted by molar-refractivity contribution is 5.48. The molecule has 21 heavy (non-hydrogen) atoms. The molecule has 2 rings (SSSR count). The van der Waals surface area contributed by atoms with Crippen molar-refractivity contribution in [3.8, 4) is 11.8 Å². The van der Waals surface area contributed by atoms with E-state index in [0.29, 0.717) is 0 Å². The first-order valence-corrected chi connectivity index (χ1v) is 7.11. The van der Waals surface area contributed by atoms with Gasteiger partial charge in [-0.05, 0) is 11.6 Å². The average molecular weight is 275 g/mol. The molecule has 2 aromatic rings. The van der Waals surface area contributed by atoms with E-state index in [-0.39, 0.29) is 0 Å². The number of hydrogen-bond acceptors (Lipinski definition) is 0. The molecule has 0 aliphatic carbocycles. The summed E-state index contributed by atoms with van der Waals surface area (Å²) in [6.45, 7) is 2.95. The van der Waals surface area contributed by atoms with Crippen LogP contribution >= 0.6 is 0 Å². The van der Waals surface area contributed by atoms with Crippen molar-refractivity contribution in [2.45, 2.75) is 0 Å². The molecule has 0 bridgehead atoms. The lowest BCUT2D eigenvalue weighted by Crippen LogP contribution is -2.36. The van der Waals surface area contributed by atoms with E-state index < -0.39 is 0 Å². The van der Waals surface area contributed by atoms with Gasteiger partial charge in [0.15, 0.2) is 0 Å². The van der Waals surface area contributed by atoms with Crippen LogP contribution in [0.15, 0.2) is 66.7 Å². The zero-order valence-electron chi connectivity index (χ0n) is 12.7. The molecule has 0 N–H and O–H groups in total. The fourth-order valence-corrected chi connectivity index (χ4v) is 1.89. The fourth-order valence-electron chi connectivity index (χ4n) is 1.89. The van der Waals surface area contributed by atoms with Crippen molar-refractivity contribution >= 4 is 6.08 Å². The van der Waals surface area contributed by atoms with E-state index in [1.54, 1.807) is 0 Å². The molecule has 0 fully saturated rings. The first-order chi connectivity index (χ1) is 10.2. The van der Waals surface area contributed by atoms with E-state index in [9.17, 15) is 0 Å². The van der Waals surface area contributed by atoms with Crippen LogP contribution in [-0.2, 0) is 0 Å². The highest BCUT2D eigenvalue weighted by Crippen LogP contribution is 2.05. The SMILES string of the molecule is C[N+](C)([CH-]C#Cc1ccccc1)C/C=C/c1ccccc1. The van der Waals surface area contributed by atoms with E-state index in [4.69, 9.17) is 0 Å². The smallest absolute Gasteiger partial charge is 0.0885 e. The third-order valence-corrected chi connectivity index (χ3v) is 3.09. The predicted octanol–water partition coefficient (Wildman–Crippen LogP) is 3.99. The standard InChI is InChI=1S/C20H21N/c1-21(2,17-9-15-19-11-5-3-6-12-19)18-10-16-20-13-7-4-8-14-20/h3-9,11-15,18H,17H2,1-2H3/b15-9+. The maximum atomic E-state index is 3.16. The number of likely N-dealkylation sites (N-methyl/N-ethyl adjacent to an activating group) is 1. The van der Waals surface area contributed by atoms with Crippen molar-refractivity contribution in [2.24, 2.45) is 0 Å². The second-order valence-electron chi connectivity index (χ2n) is 5.54. The second kappa shape index (κ2) is 7.38.